The Hall–Kier alpha value is -1.48. The molecule has 19 heavy (non-hydrogen) atoms. The van der Waals surface area contributed by atoms with Crippen LogP contribution in [0.5, 0.6) is 5.75 Å². The van der Waals surface area contributed by atoms with E-state index < -0.39 is 0 Å². The third kappa shape index (κ3) is 2.02. The minimum Gasteiger partial charge on any atom is -0.494 e. The second kappa shape index (κ2) is 4.89. The number of hydrogen-bond acceptors (Lipinski definition) is 2. The highest BCUT2D eigenvalue weighted by molar-refractivity contribution is 5.87. The SMILES string of the molecule is CCOc1ccc2c(c1)c1c(n2C)CC(NC)CC1. The Kier molecular flexibility index (Phi) is 3.23. The maximum absolute atomic E-state index is 5.63. The molecule has 0 amide bonds. The van der Waals surface area contributed by atoms with Crippen LogP contribution in [0.3, 0.4) is 0 Å². The van der Waals surface area contributed by atoms with E-state index in [-0.39, 0.29) is 0 Å². The van der Waals surface area contributed by atoms with E-state index in [9.17, 15) is 0 Å². The molecule has 1 aromatic carbocycles. The number of ether oxygens (including phenoxy) is 1. The van der Waals surface area contributed by atoms with Crippen molar-refractivity contribution in [3.8, 4) is 5.75 Å². The summed E-state index contributed by atoms with van der Waals surface area (Å²) < 4.78 is 7.99. The summed E-state index contributed by atoms with van der Waals surface area (Å²) in [6.07, 6.45) is 3.51. The molecule has 3 rings (SSSR count). The van der Waals surface area contributed by atoms with E-state index in [1.807, 2.05) is 6.92 Å². The van der Waals surface area contributed by atoms with Crippen molar-refractivity contribution in [3.05, 3.63) is 29.5 Å². The first kappa shape index (κ1) is 12.5. The molecule has 0 radical (unpaired) electrons. The van der Waals surface area contributed by atoms with Crippen LogP contribution in [0.15, 0.2) is 18.2 Å². The monoisotopic (exact) mass is 258 g/mol. The fourth-order valence-corrected chi connectivity index (χ4v) is 3.25. The van der Waals surface area contributed by atoms with E-state index in [0.717, 1.165) is 25.2 Å². The van der Waals surface area contributed by atoms with Crippen LogP contribution in [0.25, 0.3) is 10.9 Å². The molecule has 102 valence electrons. The zero-order chi connectivity index (χ0) is 13.4. The van der Waals surface area contributed by atoms with Crippen LogP contribution >= 0.6 is 0 Å². The number of aryl methyl sites for hydroxylation is 2. The molecule has 0 saturated heterocycles. The smallest absolute Gasteiger partial charge is 0.120 e. The molecule has 1 aliphatic carbocycles. The summed E-state index contributed by atoms with van der Waals surface area (Å²) >= 11 is 0. The highest BCUT2D eigenvalue weighted by Crippen LogP contribution is 2.33. The Balaban J connectivity index is 2.11. The second-order valence-electron chi connectivity index (χ2n) is 5.32. The van der Waals surface area contributed by atoms with Gasteiger partial charge in [-0.15, -0.1) is 0 Å². The Bertz CT molecular complexity index is 600. The van der Waals surface area contributed by atoms with Gasteiger partial charge in [0.2, 0.25) is 0 Å². The molecular formula is C16H22N2O. The molecule has 1 aromatic heterocycles. The van der Waals surface area contributed by atoms with Crippen LogP contribution in [0, 0.1) is 0 Å². The number of likely N-dealkylation sites (N-methyl/N-ethyl adjacent to an activating group) is 1. The van der Waals surface area contributed by atoms with Gasteiger partial charge in [-0.1, -0.05) is 0 Å². The normalized spacial score (nSPS) is 18.6. The number of nitrogens with one attached hydrogen (secondary N) is 1. The van der Waals surface area contributed by atoms with Crippen LogP contribution < -0.4 is 10.1 Å². The van der Waals surface area contributed by atoms with E-state index in [4.69, 9.17) is 4.74 Å². The van der Waals surface area contributed by atoms with Crippen LogP contribution in [0.1, 0.15) is 24.6 Å². The van der Waals surface area contributed by atoms with E-state index in [1.165, 1.54) is 28.6 Å². The average molecular weight is 258 g/mol. The second-order valence-corrected chi connectivity index (χ2v) is 5.32. The molecule has 2 aromatic rings. The highest BCUT2D eigenvalue weighted by Gasteiger charge is 2.23. The number of hydrogen-bond donors (Lipinski definition) is 1. The fraction of sp³-hybridized carbons (Fsp3) is 0.500. The molecule has 0 bridgehead atoms. The summed E-state index contributed by atoms with van der Waals surface area (Å²) in [4.78, 5) is 0. The summed E-state index contributed by atoms with van der Waals surface area (Å²) in [7, 11) is 4.24. The Morgan fingerprint density at radius 2 is 2.26 bits per heavy atom. The fourth-order valence-electron chi connectivity index (χ4n) is 3.25. The van der Waals surface area contributed by atoms with E-state index in [2.05, 4.69) is 42.2 Å². The van der Waals surface area contributed by atoms with E-state index >= 15 is 0 Å². The van der Waals surface area contributed by atoms with Gasteiger partial charge in [0.05, 0.1) is 6.61 Å². The predicted molar refractivity (Wildman–Crippen MR) is 79.0 cm³/mol. The lowest BCUT2D eigenvalue weighted by atomic mass is 9.92. The van der Waals surface area contributed by atoms with Gasteiger partial charge in [-0.05, 0) is 50.6 Å². The molecule has 0 spiro atoms. The van der Waals surface area contributed by atoms with E-state index in [1.54, 1.807) is 0 Å². The molecule has 0 fully saturated rings. The lowest BCUT2D eigenvalue weighted by Gasteiger charge is -2.23. The molecule has 1 atom stereocenters. The number of benzene rings is 1. The van der Waals surface area contributed by atoms with Crippen molar-refractivity contribution in [3.63, 3.8) is 0 Å². The Morgan fingerprint density at radius 3 is 3.00 bits per heavy atom. The van der Waals surface area contributed by atoms with Gasteiger partial charge in [-0.3, -0.25) is 0 Å². The van der Waals surface area contributed by atoms with Gasteiger partial charge in [0.25, 0.3) is 0 Å². The van der Waals surface area contributed by atoms with Crippen molar-refractivity contribution in [1.82, 2.24) is 9.88 Å². The van der Waals surface area contributed by atoms with Crippen LogP contribution in [0.4, 0.5) is 0 Å². The molecule has 3 heteroatoms. The van der Waals surface area contributed by atoms with Crippen molar-refractivity contribution in [2.45, 2.75) is 32.2 Å². The third-order valence-corrected chi connectivity index (χ3v) is 4.31. The van der Waals surface area contributed by atoms with Gasteiger partial charge in [0.15, 0.2) is 0 Å². The van der Waals surface area contributed by atoms with Crippen LogP contribution in [-0.2, 0) is 19.9 Å². The molecule has 3 nitrogen and oxygen atoms in total. The number of fused-ring (bicyclic) bond motifs is 3. The van der Waals surface area contributed by atoms with Crippen molar-refractivity contribution in [2.24, 2.45) is 7.05 Å². The lowest BCUT2D eigenvalue weighted by molar-refractivity contribution is 0.340. The maximum Gasteiger partial charge on any atom is 0.120 e. The number of rotatable bonds is 3. The van der Waals surface area contributed by atoms with Gasteiger partial charge in [-0.25, -0.2) is 0 Å². The maximum atomic E-state index is 5.63. The summed E-state index contributed by atoms with van der Waals surface area (Å²) in [5.41, 5.74) is 4.32. The van der Waals surface area contributed by atoms with Crippen LogP contribution in [-0.4, -0.2) is 24.3 Å². The molecule has 1 unspecified atom stereocenters. The predicted octanol–water partition coefficient (Wildman–Crippen LogP) is 2.65. The molecule has 0 saturated carbocycles. The zero-order valence-electron chi connectivity index (χ0n) is 12.0. The minimum absolute atomic E-state index is 0.613. The van der Waals surface area contributed by atoms with Gasteiger partial charge < -0.3 is 14.6 Å². The average Bonchev–Trinajstić information content (AvgIpc) is 2.72. The highest BCUT2D eigenvalue weighted by atomic mass is 16.5. The first-order valence-electron chi connectivity index (χ1n) is 7.14. The molecule has 1 aliphatic rings. The van der Waals surface area contributed by atoms with Gasteiger partial charge in [0.1, 0.15) is 5.75 Å². The summed E-state index contributed by atoms with van der Waals surface area (Å²) in [6.45, 7) is 2.75. The van der Waals surface area contributed by atoms with Gasteiger partial charge in [-0.2, -0.15) is 0 Å². The van der Waals surface area contributed by atoms with Crippen molar-refractivity contribution < 1.29 is 4.74 Å². The van der Waals surface area contributed by atoms with Crippen molar-refractivity contribution in [2.75, 3.05) is 13.7 Å². The Morgan fingerprint density at radius 1 is 1.42 bits per heavy atom. The van der Waals surface area contributed by atoms with Crippen molar-refractivity contribution in [1.29, 1.82) is 0 Å². The first-order chi connectivity index (χ1) is 9.24. The number of nitrogens with zero attached hydrogens (tertiary/aromatic N) is 1. The van der Waals surface area contributed by atoms with Gasteiger partial charge in [0, 0.05) is 36.1 Å². The topological polar surface area (TPSA) is 26.2 Å². The number of aromatic nitrogens is 1. The summed E-state index contributed by atoms with van der Waals surface area (Å²) in [5.74, 6) is 0.985. The summed E-state index contributed by atoms with van der Waals surface area (Å²) in [5, 5.41) is 4.78. The van der Waals surface area contributed by atoms with Crippen molar-refractivity contribution >= 4 is 10.9 Å². The van der Waals surface area contributed by atoms with Crippen LogP contribution in [0.2, 0.25) is 0 Å². The Labute approximate surface area is 114 Å². The third-order valence-electron chi connectivity index (χ3n) is 4.31. The summed E-state index contributed by atoms with van der Waals surface area (Å²) in [6, 6.07) is 7.08. The first-order valence-corrected chi connectivity index (χ1v) is 7.14. The van der Waals surface area contributed by atoms with Gasteiger partial charge >= 0.3 is 0 Å². The molecule has 1 heterocycles. The lowest BCUT2D eigenvalue weighted by Crippen LogP contribution is -2.32. The molecular weight excluding hydrogens is 236 g/mol. The largest absolute Gasteiger partial charge is 0.494 e. The molecule has 0 aliphatic heterocycles. The minimum atomic E-state index is 0.613. The standard InChI is InChI=1S/C16H22N2O/c1-4-19-12-6-8-15-14(10-12)13-7-5-11(17-2)9-16(13)18(15)3/h6,8,10-11,17H,4-5,7,9H2,1-3H3. The zero-order valence-corrected chi connectivity index (χ0v) is 12.0. The van der Waals surface area contributed by atoms with E-state index in [0.29, 0.717) is 6.04 Å². The quantitative estimate of drug-likeness (QED) is 0.916. The molecule has 1 N–H and O–H groups in total.